The highest BCUT2D eigenvalue weighted by molar-refractivity contribution is 5.85. The molecule has 1 atom stereocenters. The molecule has 20 heavy (non-hydrogen) atoms. The van der Waals surface area contributed by atoms with Gasteiger partial charge in [-0.2, -0.15) is 0 Å². The first-order valence-corrected chi connectivity index (χ1v) is 7.70. The molecular weight excluding hydrogens is 256 g/mol. The van der Waals surface area contributed by atoms with E-state index in [1.807, 2.05) is 11.8 Å². The Hall–Kier alpha value is -1.39. The van der Waals surface area contributed by atoms with E-state index >= 15 is 0 Å². The lowest BCUT2D eigenvalue weighted by atomic mass is 9.95. The van der Waals surface area contributed by atoms with E-state index in [9.17, 15) is 14.4 Å². The second-order valence-electron chi connectivity index (χ2n) is 5.79. The van der Waals surface area contributed by atoms with E-state index < -0.39 is 0 Å². The minimum Gasteiger partial charge on any atom is -0.342 e. The van der Waals surface area contributed by atoms with Crippen molar-refractivity contribution in [3.8, 4) is 0 Å². The molecule has 2 saturated heterocycles. The summed E-state index contributed by atoms with van der Waals surface area (Å²) < 4.78 is 0. The van der Waals surface area contributed by atoms with Crippen LogP contribution in [-0.4, -0.2) is 53.6 Å². The summed E-state index contributed by atoms with van der Waals surface area (Å²) in [5.74, 6) is 0.473. The Balaban J connectivity index is 1.89. The predicted molar refractivity (Wildman–Crippen MR) is 75.0 cm³/mol. The van der Waals surface area contributed by atoms with Crippen LogP contribution < -0.4 is 0 Å². The van der Waals surface area contributed by atoms with Crippen LogP contribution in [0.15, 0.2) is 0 Å². The smallest absolute Gasteiger partial charge is 0.227 e. The first-order valence-electron chi connectivity index (χ1n) is 7.70. The zero-order chi connectivity index (χ0) is 14.5. The van der Waals surface area contributed by atoms with E-state index in [-0.39, 0.29) is 23.5 Å². The lowest BCUT2D eigenvalue weighted by Crippen LogP contribution is -2.48. The summed E-state index contributed by atoms with van der Waals surface area (Å²) in [6.07, 6.45) is 4.15. The highest BCUT2D eigenvalue weighted by Gasteiger charge is 2.32. The van der Waals surface area contributed by atoms with Gasteiger partial charge in [-0.15, -0.1) is 0 Å². The molecule has 0 aromatic rings. The van der Waals surface area contributed by atoms with Crippen LogP contribution in [-0.2, 0) is 14.4 Å². The molecule has 0 aliphatic carbocycles. The van der Waals surface area contributed by atoms with Gasteiger partial charge in [-0.05, 0) is 19.3 Å². The van der Waals surface area contributed by atoms with Crippen molar-refractivity contribution in [1.29, 1.82) is 0 Å². The van der Waals surface area contributed by atoms with Gasteiger partial charge in [0.15, 0.2) is 0 Å². The molecule has 0 spiro atoms. The Kier molecular flexibility index (Phi) is 5.15. The molecule has 0 aromatic heterocycles. The number of rotatable bonds is 3. The normalized spacial score (nSPS) is 23.9. The predicted octanol–water partition coefficient (Wildman–Crippen LogP) is 1.22. The maximum atomic E-state index is 12.5. The van der Waals surface area contributed by atoms with Crippen LogP contribution in [0.3, 0.4) is 0 Å². The molecule has 1 unspecified atom stereocenters. The Morgan fingerprint density at radius 1 is 1.15 bits per heavy atom. The van der Waals surface area contributed by atoms with Gasteiger partial charge in [0.1, 0.15) is 5.78 Å². The highest BCUT2D eigenvalue weighted by atomic mass is 16.2. The number of piperidine rings is 2. The van der Waals surface area contributed by atoms with Crippen molar-refractivity contribution in [2.24, 2.45) is 5.92 Å². The fraction of sp³-hybridized carbons (Fsp3) is 0.800. The molecule has 2 fully saturated rings. The van der Waals surface area contributed by atoms with Crippen molar-refractivity contribution in [3.63, 3.8) is 0 Å². The summed E-state index contributed by atoms with van der Waals surface area (Å²) >= 11 is 0. The molecule has 2 amide bonds. The molecular formula is C15H24N2O3. The fourth-order valence-electron chi connectivity index (χ4n) is 3.01. The topological polar surface area (TPSA) is 57.7 Å². The minimum absolute atomic E-state index is 0.0715. The number of likely N-dealkylation sites (tertiary alicyclic amines) is 2. The molecule has 2 aliphatic rings. The third-order valence-corrected chi connectivity index (χ3v) is 4.22. The van der Waals surface area contributed by atoms with E-state index in [2.05, 4.69) is 0 Å². The fourth-order valence-corrected chi connectivity index (χ4v) is 3.01. The third-order valence-electron chi connectivity index (χ3n) is 4.22. The number of carbonyl (C=O) groups excluding carboxylic acids is 3. The van der Waals surface area contributed by atoms with E-state index in [1.165, 1.54) is 0 Å². The Bertz CT molecular complexity index is 385. The summed E-state index contributed by atoms with van der Waals surface area (Å²) in [6.45, 7) is 4.44. The number of nitrogens with zero attached hydrogens (tertiary/aromatic N) is 2. The van der Waals surface area contributed by atoms with Crippen LogP contribution in [0.25, 0.3) is 0 Å². The van der Waals surface area contributed by atoms with Gasteiger partial charge in [-0.1, -0.05) is 6.92 Å². The van der Waals surface area contributed by atoms with Crippen LogP contribution in [0.5, 0.6) is 0 Å². The van der Waals surface area contributed by atoms with Crippen LogP contribution >= 0.6 is 0 Å². The molecule has 2 aliphatic heterocycles. The third kappa shape index (κ3) is 3.58. The van der Waals surface area contributed by atoms with Crippen molar-refractivity contribution >= 4 is 17.6 Å². The molecule has 0 radical (unpaired) electrons. The van der Waals surface area contributed by atoms with Crippen molar-refractivity contribution in [1.82, 2.24) is 9.80 Å². The molecule has 0 N–H and O–H groups in total. The zero-order valence-corrected chi connectivity index (χ0v) is 12.3. The van der Waals surface area contributed by atoms with Crippen LogP contribution in [0.4, 0.5) is 0 Å². The highest BCUT2D eigenvalue weighted by Crippen LogP contribution is 2.21. The number of amides is 2. The molecule has 2 heterocycles. The Morgan fingerprint density at radius 3 is 2.50 bits per heavy atom. The maximum absolute atomic E-state index is 12.5. The monoisotopic (exact) mass is 280 g/mol. The van der Waals surface area contributed by atoms with E-state index in [1.54, 1.807) is 4.90 Å². The second-order valence-corrected chi connectivity index (χ2v) is 5.79. The van der Waals surface area contributed by atoms with Gasteiger partial charge in [0.05, 0.1) is 5.92 Å². The average molecular weight is 280 g/mol. The lowest BCUT2D eigenvalue weighted by molar-refractivity contribution is -0.142. The van der Waals surface area contributed by atoms with E-state index in [4.69, 9.17) is 0 Å². The number of hydrogen-bond donors (Lipinski definition) is 0. The lowest BCUT2D eigenvalue weighted by Gasteiger charge is -2.36. The molecule has 2 rings (SSSR count). The Labute approximate surface area is 120 Å². The number of Topliss-reactive ketones (excluding diaryl/α,β-unsaturated/α-hetero) is 1. The molecule has 0 aromatic carbocycles. The van der Waals surface area contributed by atoms with Gasteiger partial charge < -0.3 is 9.80 Å². The van der Waals surface area contributed by atoms with Gasteiger partial charge >= 0.3 is 0 Å². The number of carbonyl (C=O) groups is 3. The van der Waals surface area contributed by atoms with Gasteiger partial charge in [-0.25, -0.2) is 0 Å². The summed E-state index contributed by atoms with van der Waals surface area (Å²) in [5.41, 5.74) is 0. The molecule has 112 valence electrons. The van der Waals surface area contributed by atoms with Crippen LogP contribution in [0, 0.1) is 5.92 Å². The van der Waals surface area contributed by atoms with Gasteiger partial charge in [0, 0.05) is 45.4 Å². The van der Waals surface area contributed by atoms with Gasteiger partial charge in [-0.3, -0.25) is 14.4 Å². The van der Waals surface area contributed by atoms with Crippen molar-refractivity contribution in [2.75, 3.05) is 26.2 Å². The summed E-state index contributed by atoms with van der Waals surface area (Å²) in [7, 11) is 0. The zero-order valence-electron chi connectivity index (χ0n) is 12.3. The quantitative estimate of drug-likeness (QED) is 0.781. The van der Waals surface area contributed by atoms with Crippen molar-refractivity contribution in [3.05, 3.63) is 0 Å². The number of hydrogen-bond acceptors (Lipinski definition) is 3. The molecule has 0 saturated carbocycles. The molecule has 5 nitrogen and oxygen atoms in total. The standard InChI is InChI=1S/C15H24N2O3/c1-2-4-14(19)17-8-3-5-12(11-17)15(20)16-9-6-13(18)7-10-16/h12H,2-11H2,1H3. The second kappa shape index (κ2) is 6.86. The van der Waals surface area contributed by atoms with E-state index in [0.717, 1.165) is 25.8 Å². The SMILES string of the molecule is CCCC(=O)N1CCCC(C(=O)N2CCC(=O)CC2)C1. The van der Waals surface area contributed by atoms with Crippen molar-refractivity contribution in [2.45, 2.75) is 45.4 Å². The summed E-state index contributed by atoms with van der Waals surface area (Å²) in [6, 6.07) is 0. The van der Waals surface area contributed by atoms with Gasteiger partial charge in [0.2, 0.25) is 11.8 Å². The van der Waals surface area contributed by atoms with E-state index in [0.29, 0.717) is 38.9 Å². The Morgan fingerprint density at radius 2 is 1.85 bits per heavy atom. The average Bonchev–Trinajstić information content (AvgIpc) is 2.48. The largest absolute Gasteiger partial charge is 0.342 e. The molecule has 0 bridgehead atoms. The maximum Gasteiger partial charge on any atom is 0.227 e. The summed E-state index contributed by atoms with van der Waals surface area (Å²) in [4.78, 5) is 39.3. The van der Waals surface area contributed by atoms with Crippen molar-refractivity contribution < 1.29 is 14.4 Å². The number of ketones is 1. The first kappa shape index (κ1) is 15.0. The first-order chi connectivity index (χ1) is 9.61. The minimum atomic E-state index is -0.0715. The molecule has 5 heteroatoms. The summed E-state index contributed by atoms with van der Waals surface area (Å²) in [5, 5.41) is 0. The van der Waals surface area contributed by atoms with Crippen LogP contribution in [0.1, 0.15) is 45.4 Å². The van der Waals surface area contributed by atoms with Gasteiger partial charge in [0.25, 0.3) is 0 Å². The van der Waals surface area contributed by atoms with Crippen LogP contribution in [0.2, 0.25) is 0 Å².